The van der Waals surface area contributed by atoms with E-state index < -0.39 is 0 Å². The predicted octanol–water partition coefficient (Wildman–Crippen LogP) is 2.39. The van der Waals surface area contributed by atoms with Crippen LogP contribution in [0.1, 0.15) is 28.9 Å². The highest BCUT2D eigenvalue weighted by Gasteiger charge is 2.35. The fourth-order valence-corrected chi connectivity index (χ4v) is 3.01. The summed E-state index contributed by atoms with van der Waals surface area (Å²) in [6, 6.07) is 4.36. The molecular formula is C13H17NO2S. The van der Waals surface area contributed by atoms with Crippen LogP contribution in [0, 0.1) is 5.92 Å². The lowest BCUT2D eigenvalue weighted by atomic mass is 10.1. The van der Waals surface area contributed by atoms with E-state index in [1.165, 1.54) is 24.2 Å². The smallest absolute Gasteiger partial charge is 0.264 e. The first-order chi connectivity index (χ1) is 8.34. The molecule has 17 heavy (non-hydrogen) atoms. The summed E-state index contributed by atoms with van der Waals surface area (Å²) in [4.78, 5) is 15.3. The van der Waals surface area contributed by atoms with Crippen LogP contribution in [-0.2, 0) is 4.74 Å². The van der Waals surface area contributed by atoms with Crippen molar-refractivity contribution >= 4 is 17.2 Å². The zero-order valence-electron chi connectivity index (χ0n) is 9.80. The molecule has 2 aliphatic rings. The minimum atomic E-state index is 0.217. The first kappa shape index (κ1) is 11.2. The van der Waals surface area contributed by atoms with Crippen LogP contribution in [0.2, 0.25) is 0 Å². The molecule has 3 nitrogen and oxygen atoms in total. The molecule has 1 atom stereocenters. The van der Waals surface area contributed by atoms with Gasteiger partial charge in [0, 0.05) is 25.1 Å². The van der Waals surface area contributed by atoms with Crippen molar-refractivity contribution in [1.29, 1.82) is 0 Å². The van der Waals surface area contributed by atoms with Crippen molar-refractivity contribution in [2.45, 2.75) is 25.3 Å². The van der Waals surface area contributed by atoms with Gasteiger partial charge in [-0.05, 0) is 30.7 Å². The Morgan fingerprint density at radius 1 is 1.47 bits per heavy atom. The van der Waals surface area contributed by atoms with Crippen LogP contribution in [0.25, 0.3) is 0 Å². The summed E-state index contributed by atoms with van der Waals surface area (Å²) < 4.78 is 5.39. The van der Waals surface area contributed by atoms with E-state index in [1.54, 1.807) is 0 Å². The first-order valence-electron chi connectivity index (χ1n) is 6.27. The van der Waals surface area contributed by atoms with E-state index in [4.69, 9.17) is 4.74 Å². The Morgan fingerprint density at radius 3 is 2.94 bits per heavy atom. The summed E-state index contributed by atoms with van der Waals surface area (Å²) in [6.45, 7) is 2.55. The van der Waals surface area contributed by atoms with Crippen molar-refractivity contribution in [3.63, 3.8) is 0 Å². The van der Waals surface area contributed by atoms with Crippen LogP contribution in [0.4, 0.5) is 0 Å². The van der Waals surface area contributed by atoms with E-state index in [0.717, 1.165) is 31.1 Å². The molecule has 1 amide bonds. The number of ether oxygens (including phenoxy) is 1. The number of nitrogens with zero attached hydrogens (tertiary/aromatic N) is 1. The molecule has 3 rings (SSSR count). The molecular weight excluding hydrogens is 234 g/mol. The zero-order valence-corrected chi connectivity index (χ0v) is 10.6. The third-order valence-corrected chi connectivity index (χ3v) is 4.32. The molecule has 4 heteroatoms. The van der Waals surface area contributed by atoms with Gasteiger partial charge in [0.05, 0.1) is 11.5 Å². The second kappa shape index (κ2) is 4.78. The van der Waals surface area contributed by atoms with Crippen molar-refractivity contribution in [1.82, 2.24) is 4.90 Å². The Balaban J connectivity index is 1.69. The van der Waals surface area contributed by atoms with Gasteiger partial charge in [0.15, 0.2) is 0 Å². The topological polar surface area (TPSA) is 29.5 Å². The summed E-state index contributed by atoms with van der Waals surface area (Å²) in [6.07, 6.45) is 3.44. The Labute approximate surface area is 105 Å². The molecule has 0 aromatic carbocycles. The van der Waals surface area contributed by atoms with Gasteiger partial charge in [0.1, 0.15) is 0 Å². The van der Waals surface area contributed by atoms with Crippen molar-refractivity contribution < 1.29 is 9.53 Å². The molecule has 0 bridgehead atoms. The molecule has 2 fully saturated rings. The quantitative estimate of drug-likeness (QED) is 0.822. The van der Waals surface area contributed by atoms with Gasteiger partial charge in [0.2, 0.25) is 0 Å². The highest BCUT2D eigenvalue weighted by atomic mass is 32.1. The molecule has 1 aromatic rings. The van der Waals surface area contributed by atoms with E-state index in [9.17, 15) is 4.79 Å². The third-order valence-electron chi connectivity index (χ3n) is 3.46. The average molecular weight is 251 g/mol. The number of thiophene rings is 1. The van der Waals surface area contributed by atoms with Crippen LogP contribution >= 0.6 is 11.3 Å². The number of hydrogen-bond acceptors (Lipinski definition) is 3. The van der Waals surface area contributed by atoms with Crippen molar-refractivity contribution in [2.24, 2.45) is 5.92 Å². The largest absolute Gasteiger partial charge is 0.381 e. The molecule has 0 radical (unpaired) electrons. The van der Waals surface area contributed by atoms with Gasteiger partial charge in [-0.3, -0.25) is 4.79 Å². The summed E-state index contributed by atoms with van der Waals surface area (Å²) in [5, 5.41) is 1.97. The molecule has 0 unspecified atom stereocenters. The van der Waals surface area contributed by atoms with Crippen LogP contribution in [0.5, 0.6) is 0 Å². The Kier molecular flexibility index (Phi) is 3.16. The maximum Gasteiger partial charge on any atom is 0.264 e. The lowest BCUT2D eigenvalue weighted by molar-refractivity contribution is 0.0711. The minimum Gasteiger partial charge on any atom is -0.381 e. The molecule has 0 spiro atoms. The number of hydrogen-bond donors (Lipinski definition) is 0. The van der Waals surface area contributed by atoms with E-state index in [-0.39, 0.29) is 5.91 Å². The average Bonchev–Trinajstić information content (AvgIpc) is 2.86. The van der Waals surface area contributed by atoms with Gasteiger partial charge < -0.3 is 9.64 Å². The predicted molar refractivity (Wildman–Crippen MR) is 67.3 cm³/mol. The summed E-state index contributed by atoms with van der Waals surface area (Å²) in [5.74, 6) is 0.758. The van der Waals surface area contributed by atoms with Gasteiger partial charge in [-0.25, -0.2) is 0 Å². The lowest BCUT2D eigenvalue weighted by Crippen LogP contribution is -2.37. The van der Waals surface area contributed by atoms with Gasteiger partial charge in [-0.2, -0.15) is 0 Å². The summed E-state index contributed by atoms with van der Waals surface area (Å²) in [5.41, 5.74) is 0. The number of carbonyl (C=O) groups is 1. The molecule has 0 N–H and O–H groups in total. The maximum atomic E-state index is 12.4. The van der Waals surface area contributed by atoms with E-state index >= 15 is 0 Å². The standard InChI is InChI=1S/C13H17NO2S/c15-13(12-2-1-7-17-12)14(11-3-4-11)8-10-5-6-16-9-10/h1-2,7,10-11H,3-6,8-9H2/t10-/m1/s1. The van der Waals surface area contributed by atoms with Crippen LogP contribution < -0.4 is 0 Å². The van der Waals surface area contributed by atoms with Crippen LogP contribution in [0.15, 0.2) is 17.5 Å². The summed E-state index contributed by atoms with van der Waals surface area (Å²) in [7, 11) is 0. The molecule has 1 saturated heterocycles. The molecule has 1 aliphatic carbocycles. The highest BCUT2D eigenvalue weighted by molar-refractivity contribution is 7.12. The molecule has 92 valence electrons. The van der Waals surface area contributed by atoms with Crippen molar-refractivity contribution in [3.8, 4) is 0 Å². The van der Waals surface area contributed by atoms with Gasteiger partial charge in [-0.1, -0.05) is 6.07 Å². The number of amides is 1. The third kappa shape index (κ3) is 2.53. The molecule has 2 heterocycles. The maximum absolute atomic E-state index is 12.4. The molecule has 1 aromatic heterocycles. The normalized spacial score (nSPS) is 23.9. The van der Waals surface area contributed by atoms with Crippen molar-refractivity contribution in [2.75, 3.05) is 19.8 Å². The SMILES string of the molecule is O=C(c1cccs1)N(C[C@H]1CCOC1)C1CC1. The van der Waals surface area contributed by atoms with Gasteiger partial charge in [0.25, 0.3) is 5.91 Å². The highest BCUT2D eigenvalue weighted by Crippen LogP contribution is 2.31. The number of rotatable bonds is 4. The Morgan fingerprint density at radius 2 is 2.35 bits per heavy atom. The van der Waals surface area contributed by atoms with E-state index in [0.29, 0.717) is 12.0 Å². The Bertz CT molecular complexity index is 380. The fraction of sp³-hybridized carbons (Fsp3) is 0.615. The minimum absolute atomic E-state index is 0.217. The molecule has 1 saturated carbocycles. The van der Waals surface area contributed by atoms with Gasteiger partial charge in [-0.15, -0.1) is 11.3 Å². The van der Waals surface area contributed by atoms with Gasteiger partial charge >= 0.3 is 0 Å². The Hall–Kier alpha value is -0.870. The van der Waals surface area contributed by atoms with Crippen molar-refractivity contribution in [3.05, 3.63) is 22.4 Å². The fourth-order valence-electron chi connectivity index (χ4n) is 2.33. The lowest BCUT2D eigenvalue weighted by Gasteiger charge is -2.24. The monoisotopic (exact) mass is 251 g/mol. The molecule has 1 aliphatic heterocycles. The second-order valence-corrected chi connectivity index (χ2v) is 5.84. The van der Waals surface area contributed by atoms with Crippen LogP contribution in [-0.4, -0.2) is 36.6 Å². The first-order valence-corrected chi connectivity index (χ1v) is 7.15. The zero-order chi connectivity index (χ0) is 11.7. The second-order valence-electron chi connectivity index (χ2n) is 4.90. The van der Waals surface area contributed by atoms with E-state index in [2.05, 4.69) is 4.90 Å². The van der Waals surface area contributed by atoms with Crippen LogP contribution in [0.3, 0.4) is 0 Å². The summed E-state index contributed by atoms with van der Waals surface area (Å²) >= 11 is 1.54. The number of carbonyl (C=O) groups excluding carboxylic acids is 1. The van der Waals surface area contributed by atoms with E-state index in [1.807, 2.05) is 17.5 Å².